The average Bonchev–Trinajstić information content (AvgIpc) is 2.47. The van der Waals surface area contributed by atoms with Crippen molar-refractivity contribution in [2.75, 3.05) is 14.1 Å². The number of imide groups is 2. The molecule has 0 spiro atoms. The SMILES string of the molecule is CCCc1nc(C)nc(C=C2C(=O)N(C)C(=O)N(C)C2=O)n1. The molecule has 0 N–H and O–H groups in total. The van der Waals surface area contributed by atoms with Crippen molar-refractivity contribution in [2.24, 2.45) is 0 Å². The third-order valence-corrected chi connectivity index (χ3v) is 3.20. The van der Waals surface area contributed by atoms with Gasteiger partial charge in [0.15, 0.2) is 5.82 Å². The van der Waals surface area contributed by atoms with Crippen LogP contribution in [0.15, 0.2) is 5.57 Å². The van der Waals surface area contributed by atoms with Gasteiger partial charge in [-0.2, -0.15) is 0 Å². The van der Waals surface area contributed by atoms with Crippen molar-refractivity contribution in [1.29, 1.82) is 0 Å². The van der Waals surface area contributed by atoms with E-state index in [0.29, 0.717) is 18.1 Å². The first-order valence-electron chi connectivity index (χ1n) is 6.88. The molecule has 4 amide bonds. The molecular formula is C14H17N5O3. The molecular weight excluding hydrogens is 286 g/mol. The predicted octanol–water partition coefficient (Wildman–Crippen LogP) is 0.566. The highest BCUT2D eigenvalue weighted by molar-refractivity contribution is 6.30. The van der Waals surface area contributed by atoms with Crippen LogP contribution in [-0.2, 0) is 16.0 Å². The number of barbiturate groups is 1. The molecule has 0 bridgehead atoms. The molecule has 0 aliphatic carbocycles. The summed E-state index contributed by atoms with van der Waals surface area (Å²) in [7, 11) is 2.64. The van der Waals surface area contributed by atoms with Crippen LogP contribution in [0.3, 0.4) is 0 Å². The number of amides is 4. The zero-order valence-electron chi connectivity index (χ0n) is 13.0. The van der Waals surface area contributed by atoms with E-state index in [4.69, 9.17) is 0 Å². The third kappa shape index (κ3) is 2.85. The molecule has 116 valence electrons. The van der Waals surface area contributed by atoms with Crippen molar-refractivity contribution in [1.82, 2.24) is 24.8 Å². The molecule has 22 heavy (non-hydrogen) atoms. The summed E-state index contributed by atoms with van der Waals surface area (Å²) in [4.78, 5) is 50.2. The molecule has 1 aromatic heterocycles. The minimum atomic E-state index is -0.664. The summed E-state index contributed by atoms with van der Waals surface area (Å²) in [6, 6.07) is -0.661. The molecule has 1 aliphatic heterocycles. The maximum Gasteiger partial charge on any atom is 0.333 e. The Bertz CT molecular complexity index is 657. The average molecular weight is 303 g/mol. The molecule has 8 heteroatoms. The lowest BCUT2D eigenvalue weighted by Gasteiger charge is -2.28. The smallest absolute Gasteiger partial charge is 0.268 e. The summed E-state index contributed by atoms with van der Waals surface area (Å²) in [6.45, 7) is 3.72. The van der Waals surface area contributed by atoms with Crippen molar-refractivity contribution in [2.45, 2.75) is 26.7 Å². The first kappa shape index (κ1) is 15.7. The number of carbonyl (C=O) groups is 3. The molecule has 2 rings (SSSR count). The summed E-state index contributed by atoms with van der Waals surface area (Å²) in [6.07, 6.45) is 2.86. The summed E-state index contributed by atoms with van der Waals surface area (Å²) in [5.41, 5.74) is -0.141. The van der Waals surface area contributed by atoms with Crippen LogP contribution < -0.4 is 0 Å². The lowest BCUT2D eigenvalue weighted by Crippen LogP contribution is -2.52. The van der Waals surface area contributed by atoms with Crippen LogP contribution >= 0.6 is 0 Å². The van der Waals surface area contributed by atoms with Gasteiger partial charge in [-0.15, -0.1) is 0 Å². The van der Waals surface area contributed by atoms with E-state index in [9.17, 15) is 14.4 Å². The van der Waals surface area contributed by atoms with Crippen LogP contribution in [0.1, 0.15) is 30.8 Å². The Labute approximate surface area is 127 Å². The Morgan fingerprint density at radius 3 is 2.14 bits per heavy atom. The Kier molecular flexibility index (Phi) is 4.30. The molecule has 1 saturated heterocycles. The topological polar surface area (TPSA) is 96.4 Å². The monoisotopic (exact) mass is 303 g/mol. The maximum atomic E-state index is 12.1. The minimum absolute atomic E-state index is 0.141. The normalized spacial score (nSPS) is 15.6. The minimum Gasteiger partial charge on any atom is -0.268 e. The highest BCUT2D eigenvalue weighted by Gasteiger charge is 2.38. The molecule has 0 atom stereocenters. The maximum absolute atomic E-state index is 12.1. The Hall–Kier alpha value is -2.64. The highest BCUT2D eigenvalue weighted by Crippen LogP contribution is 2.16. The number of likely N-dealkylation sites (N-methyl/N-ethyl adjacent to an activating group) is 2. The molecule has 0 saturated carbocycles. The fraction of sp³-hybridized carbons (Fsp3) is 0.429. The third-order valence-electron chi connectivity index (χ3n) is 3.20. The number of aromatic nitrogens is 3. The van der Waals surface area contributed by atoms with Crippen molar-refractivity contribution in [3.63, 3.8) is 0 Å². The first-order valence-corrected chi connectivity index (χ1v) is 6.88. The van der Waals surface area contributed by atoms with E-state index in [1.807, 2.05) is 6.92 Å². The molecule has 1 aliphatic rings. The number of hydrogen-bond donors (Lipinski definition) is 0. The van der Waals surface area contributed by atoms with E-state index in [1.54, 1.807) is 6.92 Å². The van der Waals surface area contributed by atoms with Gasteiger partial charge in [0.1, 0.15) is 17.2 Å². The molecule has 0 aromatic carbocycles. The Morgan fingerprint density at radius 1 is 1.00 bits per heavy atom. The van der Waals surface area contributed by atoms with Crippen molar-refractivity contribution in [3.8, 4) is 0 Å². The zero-order chi connectivity index (χ0) is 16.4. The molecule has 0 radical (unpaired) electrons. The Morgan fingerprint density at radius 2 is 1.59 bits per heavy atom. The van der Waals surface area contributed by atoms with Crippen molar-refractivity contribution >= 4 is 23.9 Å². The first-order chi connectivity index (χ1) is 10.3. The number of rotatable bonds is 3. The molecule has 0 unspecified atom stereocenters. The lowest BCUT2D eigenvalue weighted by atomic mass is 10.1. The van der Waals surface area contributed by atoms with Crippen LogP contribution in [0.25, 0.3) is 6.08 Å². The van der Waals surface area contributed by atoms with Crippen molar-refractivity contribution < 1.29 is 14.4 Å². The van der Waals surface area contributed by atoms with Gasteiger partial charge in [-0.05, 0) is 13.3 Å². The van der Waals surface area contributed by atoms with E-state index in [0.717, 1.165) is 16.2 Å². The second-order valence-corrected chi connectivity index (χ2v) is 4.98. The second kappa shape index (κ2) is 6.00. The van der Waals surface area contributed by atoms with E-state index in [2.05, 4.69) is 15.0 Å². The molecule has 1 aromatic rings. The molecule has 8 nitrogen and oxygen atoms in total. The summed E-state index contributed by atoms with van der Waals surface area (Å²) in [5, 5.41) is 0. The largest absolute Gasteiger partial charge is 0.333 e. The van der Waals surface area contributed by atoms with Gasteiger partial charge in [0.25, 0.3) is 11.8 Å². The van der Waals surface area contributed by atoms with Gasteiger partial charge in [-0.1, -0.05) is 6.92 Å². The second-order valence-electron chi connectivity index (χ2n) is 4.98. The van der Waals surface area contributed by atoms with Gasteiger partial charge in [0.2, 0.25) is 0 Å². The highest BCUT2D eigenvalue weighted by atomic mass is 16.2. The summed E-state index contributed by atoms with van der Waals surface area (Å²) >= 11 is 0. The molecule has 1 fully saturated rings. The van der Waals surface area contributed by atoms with E-state index in [1.165, 1.54) is 20.2 Å². The fourth-order valence-corrected chi connectivity index (χ4v) is 2.06. The van der Waals surface area contributed by atoms with Crippen LogP contribution in [0.4, 0.5) is 4.79 Å². The van der Waals surface area contributed by atoms with Gasteiger partial charge in [0, 0.05) is 26.6 Å². The number of nitrogens with zero attached hydrogens (tertiary/aromatic N) is 5. The van der Waals surface area contributed by atoms with Crippen LogP contribution in [-0.4, -0.2) is 56.7 Å². The summed E-state index contributed by atoms with van der Waals surface area (Å²) < 4.78 is 0. The van der Waals surface area contributed by atoms with Gasteiger partial charge >= 0.3 is 6.03 Å². The van der Waals surface area contributed by atoms with Gasteiger partial charge in [-0.25, -0.2) is 19.7 Å². The van der Waals surface area contributed by atoms with Crippen LogP contribution in [0.2, 0.25) is 0 Å². The van der Waals surface area contributed by atoms with E-state index >= 15 is 0 Å². The van der Waals surface area contributed by atoms with Crippen LogP contribution in [0.5, 0.6) is 0 Å². The number of aryl methyl sites for hydroxylation is 2. The molecule has 2 heterocycles. The number of carbonyl (C=O) groups excluding carboxylic acids is 3. The standard InChI is InChI=1S/C14H17N5O3/c1-5-6-10-15-8(2)16-11(17-10)7-9-12(20)18(3)14(22)19(4)13(9)21/h7H,5-6H2,1-4H3. The predicted molar refractivity (Wildman–Crippen MR) is 77.5 cm³/mol. The van der Waals surface area contributed by atoms with E-state index < -0.39 is 17.8 Å². The fourth-order valence-electron chi connectivity index (χ4n) is 2.06. The van der Waals surface area contributed by atoms with Crippen molar-refractivity contribution in [3.05, 3.63) is 23.0 Å². The van der Waals surface area contributed by atoms with E-state index in [-0.39, 0.29) is 11.4 Å². The van der Waals surface area contributed by atoms with Crippen LogP contribution in [0, 0.1) is 6.92 Å². The number of hydrogen-bond acceptors (Lipinski definition) is 6. The van der Waals surface area contributed by atoms with Gasteiger partial charge in [0.05, 0.1) is 0 Å². The lowest BCUT2D eigenvalue weighted by molar-refractivity contribution is -0.134. The Balaban J connectivity index is 2.45. The van der Waals surface area contributed by atoms with Gasteiger partial charge < -0.3 is 0 Å². The van der Waals surface area contributed by atoms with Gasteiger partial charge in [-0.3, -0.25) is 19.4 Å². The zero-order valence-corrected chi connectivity index (χ0v) is 13.0. The summed E-state index contributed by atoms with van der Waals surface area (Å²) in [5.74, 6) is 0.0318. The quantitative estimate of drug-likeness (QED) is 0.598. The number of urea groups is 1.